The van der Waals surface area contributed by atoms with Gasteiger partial charge in [-0.2, -0.15) is 5.26 Å². The smallest absolute Gasteiger partial charge is 0.123 e. The van der Waals surface area contributed by atoms with Crippen LogP contribution in [0.3, 0.4) is 0 Å². The van der Waals surface area contributed by atoms with E-state index >= 15 is 0 Å². The van der Waals surface area contributed by atoms with E-state index < -0.39 is 0 Å². The molecule has 0 saturated heterocycles. The van der Waals surface area contributed by atoms with Gasteiger partial charge in [0.1, 0.15) is 11.5 Å². The van der Waals surface area contributed by atoms with E-state index in [1.807, 2.05) is 36.4 Å². The molecule has 0 bridgehead atoms. The summed E-state index contributed by atoms with van der Waals surface area (Å²) in [5, 5.41) is 12.4. The number of nitriles is 1. The molecule has 0 radical (unpaired) electrons. The van der Waals surface area contributed by atoms with Gasteiger partial charge in [-0.1, -0.05) is 12.1 Å². The molecule has 0 saturated carbocycles. The second kappa shape index (κ2) is 7.48. The van der Waals surface area contributed by atoms with Crippen molar-refractivity contribution in [1.29, 1.82) is 5.26 Å². The second-order valence-corrected chi connectivity index (χ2v) is 5.02. The van der Waals surface area contributed by atoms with E-state index in [1.54, 1.807) is 20.3 Å². The Kier molecular flexibility index (Phi) is 5.40. The minimum absolute atomic E-state index is 0.0933. The number of ether oxygens (including phenoxy) is 2. The normalized spacial score (nSPS) is 11.5. The van der Waals surface area contributed by atoms with Gasteiger partial charge in [0, 0.05) is 18.2 Å². The highest BCUT2D eigenvalue weighted by molar-refractivity contribution is 5.42. The van der Waals surface area contributed by atoms with Gasteiger partial charge in [0.05, 0.1) is 25.9 Å². The number of hydrogen-bond acceptors (Lipinski definition) is 4. The largest absolute Gasteiger partial charge is 0.497 e. The van der Waals surface area contributed by atoms with E-state index in [2.05, 4.69) is 18.3 Å². The van der Waals surface area contributed by atoms with Gasteiger partial charge < -0.3 is 14.8 Å². The average molecular weight is 296 g/mol. The summed E-state index contributed by atoms with van der Waals surface area (Å²) in [4.78, 5) is 0. The Bertz CT molecular complexity index is 677. The first-order chi connectivity index (χ1) is 10.7. The maximum absolute atomic E-state index is 8.94. The third-order valence-corrected chi connectivity index (χ3v) is 3.57. The fourth-order valence-electron chi connectivity index (χ4n) is 2.31. The first kappa shape index (κ1) is 15.9. The average Bonchev–Trinajstić information content (AvgIpc) is 2.59. The molecule has 1 N–H and O–H groups in total. The van der Waals surface area contributed by atoms with E-state index in [-0.39, 0.29) is 6.04 Å². The summed E-state index contributed by atoms with van der Waals surface area (Å²) in [6, 6.07) is 15.6. The zero-order chi connectivity index (χ0) is 15.9. The topological polar surface area (TPSA) is 54.3 Å². The molecule has 0 aliphatic heterocycles. The van der Waals surface area contributed by atoms with Crippen LogP contribution in [0, 0.1) is 11.3 Å². The van der Waals surface area contributed by atoms with Crippen molar-refractivity contribution in [1.82, 2.24) is 5.32 Å². The molecule has 1 atom stereocenters. The van der Waals surface area contributed by atoms with E-state index in [9.17, 15) is 0 Å². The highest BCUT2D eigenvalue weighted by atomic mass is 16.5. The van der Waals surface area contributed by atoms with Gasteiger partial charge in [0.2, 0.25) is 0 Å². The van der Waals surface area contributed by atoms with Crippen molar-refractivity contribution in [2.45, 2.75) is 19.5 Å². The Morgan fingerprint density at radius 3 is 2.64 bits per heavy atom. The van der Waals surface area contributed by atoms with E-state index in [4.69, 9.17) is 14.7 Å². The zero-order valence-corrected chi connectivity index (χ0v) is 13.1. The van der Waals surface area contributed by atoms with Gasteiger partial charge in [0.25, 0.3) is 0 Å². The van der Waals surface area contributed by atoms with Gasteiger partial charge in [-0.3, -0.25) is 0 Å². The summed E-state index contributed by atoms with van der Waals surface area (Å²) in [5.74, 6) is 1.63. The maximum Gasteiger partial charge on any atom is 0.123 e. The van der Waals surface area contributed by atoms with E-state index in [0.29, 0.717) is 12.1 Å². The van der Waals surface area contributed by atoms with Gasteiger partial charge in [-0.25, -0.2) is 0 Å². The Morgan fingerprint density at radius 2 is 1.95 bits per heavy atom. The molecule has 0 aliphatic rings. The quantitative estimate of drug-likeness (QED) is 0.887. The van der Waals surface area contributed by atoms with Crippen molar-refractivity contribution in [2.75, 3.05) is 14.2 Å². The molecule has 0 unspecified atom stereocenters. The lowest BCUT2D eigenvalue weighted by Gasteiger charge is -2.18. The molecular weight excluding hydrogens is 276 g/mol. The molecule has 114 valence electrons. The predicted molar refractivity (Wildman–Crippen MR) is 86.0 cm³/mol. The van der Waals surface area contributed by atoms with Crippen LogP contribution < -0.4 is 14.8 Å². The third-order valence-electron chi connectivity index (χ3n) is 3.57. The number of benzene rings is 2. The van der Waals surface area contributed by atoms with Gasteiger partial charge >= 0.3 is 0 Å². The van der Waals surface area contributed by atoms with E-state index in [0.717, 1.165) is 22.6 Å². The van der Waals surface area contributed by atoms with Gasteiger partial charge in [0.15, 0.2) is 0 Å². The predicted octanol–water partition coefficient (Wildman–Crippen LogP) is 3.43. The Morgan fingerprint density at radius 1 is 1.14 bits per heavy atom. The lowest BCUT2D eigenvalue weighted by Crippen LogP contribution is -2.18. The molecule has 0 spiro atoms. The molecule has 2 rings (SSSR count). The summed E-state index contributed by atoms with van der Waals surface area (Å²) >= 11 is 0. The number of methoxy groups -OCH3 is 2. The summed E-state index contributed by atoms with van der Waals surface area (Å²) in [6.07, 6.45) is 0. The van der Waals surface area contributed by atoms with Crippen molar-refractivity contribution in [3.8, 4) is 17.6 Å². The molecule has 0 aromatic heterocycles. The van der Waals surface area contributed by atoms with Crippen LogP contribution >= 0.6 is 0 Å². The van der Waals surface area contributed by atoms with Crippen molar-refractivity contribution >= 4 is 0 Å². The zero-order valence-electron chi connectivity index (χ0n) is 13.1. The molecule has 0 fully saturated rings. The van der Waals surface area contributed by atoms with Crippen LogP contribution in [0.4, 0.5) is 0 Å². The van der Waals surface area contributed by atoms with Crippen LogP contribution in [0.5, 0.6) is 11.5 Å². The summed E-state index contributed by atoms with van der Waals surface area (Å²) < 4.78 is 10.7. The van der Waals surface area contributed by atoms with Gasteiger partial charge in [-0.05, 0) is 42.8 Å². The van der Waals surface area contributed by atoms with Crippen molar-refractivity contribution in [3.05, 3.63) is 59.2 Å². The van der Waals surface area contributed by atoms with Crippen LogP contribution in [-0.2, 0) is 6.54 Å². The molecule has 2 aromatic rings. The first-order valence-corrected chi connectivity index (χ1v) is 7.12. The minimum Gasteiger partial charge on any atom is -0.497 e. The van der Waals surface area contributed by atoms with Crippen molar-refractivity contribution < 1.29 is 9.47 Å². The summed E-state index contributed by atoms with van der Waals surface area (Å²) in [5.41, 5.74) is 2.79. The first-order valence-electron chi connectivity index (χ1n) is 7.12. The molecular formula is C18H20N2O2. The third kappa shape index (κ3) is 3.78. The Labute approximate surface area is 131 Å². The molecule has 4 heteroatoms. The summed E-state index contributed by atoms with van der Waals surface area (Å²) in [6.45, 7) is 2.75. The number of rotatable bonds is 6. The lowest BCUT2D eigenvalue weighted by molar-refractivity contribution is 0.391. The SMILES string of the molecule is COc1ccc(OC)c([C@@H](C)NCc2cccc(C#N)c2)c1. The molecule has 2 aromatic carbocycles. The van der Waals surface area contributed by atoms with Crippen LogP contribution in [0.25, 0.3) is 0 Å². The Balaban J connectivity index is 2.11. The molecule has 22 heavy (non-hydrogen) atoms. The second-order valence-electron chi connectivity index (χ2n) is 5.02. The lowest BCUT2D eigenvalue weighted by atomic mass is 10.1. The van der Waals surface area contributed by atoms with Crippen LogP contribution in [0.1, 0.15) is 29.7 Å². The van der Waals surface area contributed by atoms with Crippen LogP contribution in [-0.4, -0.2) is 14.2 Å². The van der Waals surface area contributed by atoms with Crippen LogP contribution in [0.2, 0.25) is 0 Å². The standard InChI is InChI=1S/C18H20N2O2/c1-13(17-10-16(21-2)7-8-18(17)22-3)20-12-15-6-4-5-14(9-15)11-19/h4-10,13,20H,12H2,1-3H3/t13-/m1/s1. The molecule has 0 amide bonds. The maximum atomic E-state index is 8.94. The van der Waals surface area contributed by atoms with Crippen molar-refractivity contribution in [3.63, 3.8) is 0 Å². The number of hydrogen-bond donors (Lipinski definition) is 1. The summed E-state index contributed by atoms with van der Waals surface area (Å²) in [7, 11) is 3.31. The molecule has 0 aliphatic carbocycles. The fourth-order valence-corrected chi connectivity index (χ4v) is 2.31. The fraction of sp³-hybridized carbons (Fsp3) is 0.278. The van der Waals surface area contributed by atoms with Crippen LogP contribution in [0.15, 0.2) is 42.5 Å². The highest BCUT2D eigenvalue weighted by Crippen LogP contribution is 2.29. The highest BCUT2D eigenvalue weighted by Gasteiger charge is 2.12. The van der Waals surface area contributed by atoms with Gasteiger partial charge in [-0.15, -0.1) is 0 Å². The monoisotopic (exact) mass is 296 g/mol. The Hall–Kier alpha value is -2.51. The minimum atomic E-state index is 0.0933. The molecule has 4 nitrogen and oxygen atoms in total. The molecule has 0 heterocycles. The number of nitrogens with one attached hydrogen (secondary N) is 1. The van der Waals surface area contributed by atoms with E-state index in [1.165, 1.54) is 0 Å². The number of nitrogens with zero attached hydrogens (tertiary/aromatic N) is 1. The van der Waals surface area contributed by atoms with Crippen molar-refractivity contribution in [2.24, 2.45) is 0 Å².